The van der Waals surface area contributed by atoms with Crippen molar-refractivity contribution in [2.24, 2.45) is 4.99 Å². The van der Waals surface area contributed by atoms with Crippen molar-refractivity contribution in [1.29, 1.82) is 0 Å². The van der Waals surface area contributed by atoms with Gasteiger partial charge in [0.2, 0.25) is 0 Å². The average molecular weight is 291 g/mol. The maximum absolute atomic E-state index is 9.60. The van der Waals surface area contributed by atoms with Gasteiger partial charge in [0.25, 0.3) is 0 Å². The number of aromatic hydroxyl groups is 2. The lowest BCUT2D eigenvalue weighted by Gasteiger charge is -2.01. The number of aliphatic imine (C=N–C) groups is 1. The largest absolute Gasteiger partial charge is 0.508 e. The second-order valence-electron chi connectivity index (χ2n) is 5.61. The number of hydrogen-bond acceptors (Lipinski definition) is 3. The molecule has 0 atom stereocenters. The smallest absolute Gasteiger partial charge is 0.128 e. The molecule has 0 heterocycles. The summed E-state index contributed by atoms with van der Waals surface area (Å²) in [6.45, 7) is 3.05. The molecule has 0 amide bonds. The summed E-state index contributed by atoms with van der Waals surface area (Å²) in [5.41, 5.74) is 0.656. The van der Waals surface area contributed by atoms with E-state index in [1.165, 1.54) is 57.4 Å². The van der Waals surface area contributed by atoms with Crippen LogP contribution in [0.2, 0.25) is 0 Å². The number of phenolic OH excluding ortho intramolecular Hbond substituents is 2. The van der Waals surface area contributed by atoms with Gasteiger partial charge in [0, 0.05) is 24.4 Å². The molecule has 1 aromatic carbocycles. The van der Waals surface area contributed by atoms with Crippen LogP contribution in [0.25, 0.3) is 0 Å². The SMILES string of the molecule is CCCCCCCCCCCN=Cc1ccc(O)cc1O. The van der Waals surface area contributed by atoms with Crippen LogP contribution in [-0.2, 0) is 0 Å². The maximum Gasteiger partial charge on any atom is 0.128 e. The van der Waals surface area contributed by atoms with Gasteiger partial charge in [-0.05, 0) is 18.6 Å². The number of nitrogens with zero attached hydrogens (tertiary/aromatic N) is 1. The molecule has 3 nitrogen and oxygen atoms in total. The van der Waals surface area contributed by atoms with Crippen LogP contribution in [0.4, 0.5) is 0 Å². The van der Waals surface area contributed by atoms with E-state index in [0.29, 0.717) is 5.56 Å². The highest BCUT2D eigenvalue weighted by Gasteiger charge is 1.98. The molecule has 0 aliphatic carbocycles. The summed E-state index contributed by atoms with van der Waals surface area (Å²) in [5.74, 6) is 0.148. The summed E-state index contributed by atoms with van der Waals surface area (Å²) in [5, 5.41) is 18.8. The molecule has 118 valence electrons. The first-order chi connectivity index (χ1) is 10.2. The number of phenols is 2. The van der Waals surface area contributed by atoms with E-state index in [9.17, 15) is 10.2 Å². The van der Waals surface area contributed by atoms with Gasteiger partial charge < -0.3 is 10.2 Å². The minimum Gasteiger partial charge on any atom is -0.508 e. The first-order valence-corrected chi connectivity index (χ1v) is 8.26. The average Bonchev–Trinajstić information content (AvgIpc) is 2.46. The van der Waals surface area contributed by atoms with Gasteiger partial charge >= 0.3 is 0 Å². The Labute approximate surface area is 128 Å². The molecule has 0 radical (unpaired) electrons. The first-order valence-electron chi connectivity index (χ1n) is 8.26. The summed E-state index contributed by atoms with van der Waals surface area (Å²) in [4.78, 5) is 4.32. The van der Waals surface area contributed by atoms with Gasteiger partial charge in [-0.25, -0.2) is 0 Å². The van der Waals surface area contributed by atoms with Crippen LogP contribution in [0.3, 0.4) is 0 Å². The van der Waals surface area contributed by atoms with E-state index >= 15 is 0 Å². The lowest BCUT2D eigenvalue weighted by molar-refractivity contribution is 0.450. The van der Waals surface area contributed by atoms with Gasteiger partial charge in [-0.15, -0.1) is 0 Å². The quantitative estimate of drug-likeness (QED) is 0.443. The zero-order chi connectivity index (χ0) is 15.3. The predicted molar refractivity (Wildman–Crippen MR) is 89.5 cm³/mol. The van der Waals surface area contributed by atoms with Crippen molar-refractivity contribution in [3.63, 3.8) is 0 Å². The highest BCUT2D eigenvalue weighted by Crippen LogP contribution is 2.20. The fraction of sp³-hybridized carbons (Fsp3) is 0.611. The van der Waals surface area contributed by atoms with Gasteiger partial charge in [0.05, 0.1) is 0 Å². The third-order valence-corrected chi connectivity index (χ3v) is 3.64. The number of rotatable bonds is 11. The van der Waals surface area contributed by atoms with Crippen molar-refractivity contribution in [1.82, 2.24) is 0 Å². The molecular weight excluding hydrogens is 262 g/mol. The molecule has 3 heteroatoms. The van der Waals surface area contributed by atoms with E-state index in [1.54, 1.807) is 18.3 Å². The third kappa shape index (κ3) is 8.38. The lowest BCUT2D eigenvalue weighted by Crippen LogP contribution is -1.87. The minimum atomic E-state index is 0.0728. The van der Waals surface area contributed by atoms with Crippen molar-refractivity contribution in [3.8, 4) is 11.5 Å². The molecule has 1 rings (SSSR count). The fourth-order valence-corrected chi connectivity index (χ4v) is 2.32. The molecule has 1 aromatic rings. The van der Waals surface area contributed by atoms with E-state index in [0.717, 1.165) is 13.0 Å². The molecule has 0 aromatic heterocycles. The molecule has 0 fully saturated rings. The van der Waals surface area contributed by atoms with E-state index < -0.39 is 0 Å². The van der Waals surface area contributed by atoms with Crippen LogP contribution in [0, 0.1) is 0 Å². The summed E-state index contributed by atoms with van der Waals surface area (Å²) in [6, 6.07) is 4.56. The fourth-order valence-electron chi connectivity index (χ4n) is 2.32. The summed E-state index contributed by atoms with van der Waals surface area (Å²) in [6.07, 6.45) is 13.5. The van der Waals surface area contributed by atoms with Crippen LogP contribution >= 0.6 is 0 Å². The van der Waals surface area contributed by atoms with Gasteiger partial charge in [0.15, 0.2) is 0 Å². The molecule has 21 heavy (non-hydrogen) atoms. The zero-order valence-corrected chi connectivity index (χ0v) is 13.2. The van der Waals surface area contributed by atoms with Gasteiger partial charge in [-0.1, -0.05) is 58.3 Å². The van der Waals surface area contributed by atoms with Gasteiger partial charge in [-0.3, -0.25) is 4.99 Å². The summed E-state index contributed by atoms with van der Waals surface area (Å²) < 4.78 is 0. The van der Waals surface area contributed by atoms with Crippen LogP contribution in [0.15, 0.2) is 23.2 Å². The zero-order valence-electron chi connectivity index (χ0n) is 13.2. The lowest BCUT2D eigenvalue weighted by atomic mass is 10.1. The normalized spacial score (nSPS) is 11.3. The van der Waals surface area contributed by atoms with Gasteiger partial charge in [0.1, 0.15) is 11.5 Å². The molecular formula is C18H29NO2. The number of hydrogen-bond donors (Lipinski definition) is 2. The van der Waals surface area contributed by atoms with Crippen molar-refractivity contribution in [2.45, 2.75) is 64.7 Å². The Hall–Kier alpha value is -1.51. The molecule has 0 unspecified atom stereocenters. The molecule has 2 N–H and O–H groups in total. The highest BCUT2D eigenvalue weighted by atomic mass is 16.3. The van der Waals surface area contributed by atoms with E-state index in [-0.39, 0.29) is 11.5 Å². The molecule has 0 aliphatic rings. The third-order valence-electron chi connectivity index (χ3n) is 3.64. The summed E-state index contributed by atoms with van der Waals surface area (Å²) >= 11 is 0. The first kappa shape index (κ1) is 17.5. The van der Waals surface area contributed by atoms with Gasteiger partial charge in [-0.2, -0.15) is 0 Å². The molecule has 0 aliphatic heterocycles. The monoisotopic (exact) mass is 291 g/mol. The maximum atomic E-state index is 9.60. The summed E-state index contributed by atoms with van der Waals surface area (Å²) in [7, 11) is 0. The number of benzene rings is 1. The van der Waals surface area contributed by atoms with Crippen molar-refractivity contribution in [2.75, 3.05) is 6.54 Å². The van der Waals surface area contributed by atoms with Crippen LogP contribution < -0.4 is 0 Å². The molecule has 0 bridgehead atoms. The van der Waals surface area contributed by atoms with Crippen molar-refractivity contribution < 1.29 is 10.2 Å². The molecule has 0 spiro atoms. The molecule has 0 saturated carbocycles. The van der Waals surface area contributed by atoms with Crippen molar-refractivity contribution >= 4 is 6.21 Å². The Bertz CT molecular complexity index is 416. The van der Waals surface area contributed by atoms with Crippen LogP contribution in [0.5, 0.6) is 11.5 Å². The molecule has 0 saturated heterocycles. The van der Waals surface area contributed by atoms with E-state index in [2.05, 4.69) is 11.9 Å². The highest BCUT2D eigenvalue weighted by molar-refractivity contribution is 5.83. The van der Waals surface area contributed by atoms with Crippen molar-refractivity contribution in [3.05, 3.63) is 23.8 Å². The topological polar surface area (TPSA) is 52.8 Å². The minimum absolute atomic E-state index is 0.0728. The second kappa shape index (κ2) is 11.2. The standard InChI is InChI=1S/C18H29NO2/c1-2-3-4-5-6-7-8-9-10-13-19-15-16-11-12-17(20)14-18(16)21/h11-12,14-15,20-21H,2-10,13H2,1H3. The van der Waals surface area contributed by atoms with E-state index in [4.69, 9.17) is 0 Å². The Morgan fingerprint density at radius 1 is 0.905 bits per heavy atom. The number of unbranched alkanes of at least 4 members (excludes halogenated alkanes) is 8. The Balaban J connectivity index is 2.02. The Morgan fingerprint density at radius 3 is 2.14 bits per heavy atom. The van der Waals surface area contributed by atoms with E-state index in [1.807, 2.05) is 0 Å². The Kier molecular flexibility index (Phi) is 9.34. The van der Waals surface area contributed by atoms with Crippen LogP contribution in [-0.4, -0.2) is 23.0 Å². The van der Waals surface area contributed by atoms with Crippen LogP contribution in [0.1, 0.15) is 70.3 Å². The predicted octanol–water partition coefficient (Wildman–Crippen LogP) is 5.05. The Morgan fingerprint density at radius 2 is 1.52 bits per heavy atom. The second-order valence-corrected chi connectivity index (χ2v) is 5.61.